The third-order valence-corrected chi connectivity index (χ3v) is 5.00. The van der Waals surface area contributed by atoms with E-state index in [1.165, 1.54) is 18.2 Å². The van der Waals surface area contributed by atoms with Crippen molar-refractivity contribution in [3.63, 3.8) is 0 Å². The zero-order valence-electron chi connectivity index (χ0n) is 10.5. The van der Waals surface area contributed by atoms with Crippen LogP contribution >= 0.6 is 30.8 Å². The molecule has 19 heavy (non-hydrogen) atoms. The molecule has 106 valence electrons. The molecule has 0 atom stereocenters. The quantitative estimate of drug-likeness (QED) is 0.667. The molecular weight excluding hydrogens is 313 g/mol. The molecule has 1 aromatic carbocycles. The Labute approximate surface area is 121 Å². The molecule has 3 nitrogen and oxygen atoms in total. The first kappa shape index (κ1) is 16.7. The molecule has 0 spiro atoms. The van der Waals surface area contributed by atoms with Crippen LogP contribution in [-0.4, -0.2) is 13.2 Å². The van der Waals surface area contributed by atoms with E-state index in [0.29, 0.717) is 5.56 Å². The average Bonchev–Trinajstić information content (AvgIpc) is 2.33. The lowest BCUT2D eigenvalue weighted by Gasteiger charge is -2.16. The molecule has 0 aliphatic carbocycles. The summed E-state index contributed by atoms with van der Waals surface area (Å²) >= 11 is 11.9. The van der Waals surface area contributed by atoms with Gasteiger partial charge in [-0.2, -0.15) is 0 Å². The fraction of sp³-hybridized carbons (Fsp3) is 0.333. The highest BCUT2D eigenvalue weighted by atomic mass is 35.5. The standard InChI is InChI=1S/C12H14Cl2FO3P/c1-3-17-19(16,18-4-2)12(14)7-9-5-6-10(15)8-11(9)13/h5-8H,3-4H2,1-2H3/b12-7+. The number of rotatable bonds is 6. The molecule has 0 unspecified atom stereocenters. The molecular formula is C12H14Cl2FO3P. The Hall–Kier alpha value is -0.380. The summed E-state index contributed by atoms with van der Waals surface area (Å²) in [5.41, 5.74) is 0.438. The summed E-state index contributed by atoms with van der Waals surface area (Å²) in [4.78, 5) is 0. The molecule has 0 saturated heterocycles. The molecule has 0 aliphatic heterocycles. The van der Waals surface area contributed by atoms with Crippen LogP contribution in [0, 0.1) is 5.82 Å². The first-order valence-corrected chi connectivity index (χ1v) is 7.94. The van der Waals surface area contributed by atoms with Gasteiger partial charge in [0, 0.05) is 0 Å². The second kappa shape index (κ2) is 7.41. The minimum atomic E-state index is -3.53. The molecule has 0 saturated carbocycles. The van der Waals surface area contributed by atoms with Crippen molar-refractivity contribution in [2.24, 2.45) is 0 Å². The van der Waals surface area contributed by atoms with Crippen molar-refractivity contribution in [2.75, 3.05) is 13.2 Å². The van der Waals surface area contributed by atoms with E-state index in [1.54, 1.807) is 13.8 Å². The lowest BCUT2D eigenvalue weighted by atomic mass is 10.2. The van der Waals surface area contributed by atoms with E-state index < -0.39 is 13.4 Å². The number of benzene rings is 1. The van der Waals surface area contributed by atoms with Crippen molar-refractivity contribution in [1.29, 1.82) is 0 Å². The van der Waals surface area contributed by atoms with E-state index in [1.807, 2.05) is 0 Å². The Kier molecular flexibility index (Phi) is 6.51. The summed E-state index contributed by atoms with van der Waals surface area (Å²) in [5, 5.41) is 0.165. The van der Waals surface area contributed by atoms with Crippen LogP contribution in [0.2, 0.25) is 5.02 Å². The SMILES string of the molecule is CCOP(=O)(OCC)/C(Cl)=C/c1ccc(F)cc1Cl. The third kappa shape index (κ3) is 4.59. The second-order valence-electron chi connectivity index (χ2n) is 3.47. The fourth-order valence-corrected chi connectivity index (χ4v) is 3.26. The molecule has 1 aromatic rings. The van der Waals surface area contributed by atoms with Gasteiger partial charge in [0.2, 0.25) is 0 Å². The highest BCUT2D eigenvalue weighted by molar-refractivity contribution is 7.61. The minimum Gasteiger partial charge on any atom is -0.305 e. The first-order valence-electron chi connectivity index (χ1n) is 5.65. The van der Waals surface area contributed by atoms with Crippen LogP contribution in [-0.2, 0) is 13.6 Å². The van der Waals surface area contributed by atoms with Gasteiger partial charge in [-0.3, -0.25) is 4.57 Å². The predicted octanol–water partition coefficient (Wildman–Crippen LogP) is 5.28. The maximum absolute atomic E-state index is 12.9. The number of hydrogen-bond acceptors (Lipinski definition) is 3. The molecule has 0 amide bonds. The monoisotopic (exact) mass is 326 g/mol. The van der Waals surface area contributed by atoms with E-state index in [-0.39, 0.29) is 23.0 Å². The highest BCUT2D eigenvalue weighted by Gasteiger charge is 2.28. The fourth-order valence-electron chi connectivity index (χ4n) is 1.33. The van der Waals surface area contributed by atoms with Crippen LogP contribution in [0.4, 0.5) is 4.39 Å². The number of hydrogen-bond donors (Lipinski definition) is 0. The van der Waals surface area contributed by atoms with Crippen LogP contribution in [0.1, 0.15) is 19.4 Å². The lowest BCUT2D eigenvalue weighted by molar-refractivity contribution is 0.228. The van der Waals surface area contributed by atoms with E-state index in [2.05, 4.69) is 0 Å². The van der Waals surface area contributed by atoms with Gasteiger partial charge in [0.25, 0.3) is 0 Å². The van der Waals surface area contributed by atoms with Crippen molar-refractivity contribution in [2.45, 2.75) is 13.8 Å². The van der Waals surface area contributed by atoms with Gasteiger partial charge in [-0.25, -0.2) is 4.39 Å². The van der Waals surface area contributed by atoms with Crippen LogP contribution in [0.15, 0.2) is 23.0 Å². The lowest BCUT2D eigenvalue weighted by Crippen LogP contribution is -1.95. The Morgan fingerprint density at radius 1 is 1.37 bits per heavy atom. The van der Waals surface area contributed by atoms with E-state index in [9.17, 15) is 8.96 Å². The third-order valence-electron chi connectivity index (χ3n) is 2.10. The zero-order chi connectivity index (χ0) is 14.5. The Morgan fingerprint density at radius 3 is 2.42 bits per heavy atom. The van der Waals surface area contributed by atoms with Gasteiger partial charge in [0.1, 0.15) is 10.6 Å². The number of halogens is 3. The van der Waals surface area contributed by atoms with Crippen molar-refractivity contribution >= 4 is 36.9 Å². The Balaban J connectivity index is 3.11. The highest BCUT2D eigenvalue weighted by Crippen LogP contribution is 2.58. The first-order chi connectivity index (χ1) is 8.92. The second-order valence-corrected chi connectivity index (χ2v) is 6.54. The molecule has 0 aliphatic rings. The van der Waals surface area contributed by atoms with Gasteiger partial charge in [0.05, 0.1) is 18.2 Å². The largest absolute Gasteiger partial charge is 0.372 e. The van der Waals surface area contributed by atoms with Crippen molar-refractivity contribution in [1.82, 2.24) is 0 Å². The van der Waals surface area contributed by atoms with Crippen molar-refractivity contribution in [3.8, 4) is 0 Å². The predicted molar refractivity (Wildman–Crippen MR) is 76.1 cm³/mol. The van der Waals surface area contributed by atoms with Gasteiger partial charge in [-0.05, 0) is 37.6 Å². The Morgan fingerprint density at radius 2 is 1.95 bits per heavy atom. The molecule has 0 fully saturated rings. The topological polar surface area (TPSA) is 35.5 Å². The molecule has 0 heterocycles. The smallest absolute Gasteiger partial charge is 0.305 e. The van der Waals surface area contributed by atoms with Crippen LogP contribution in [0.5, 0.6) is 0 Å². The van der Waals surface area contributed by atoms with E-state index in [4.69, 9.17) is 32.2 Å². The molecule has 7 heteroatoms. The van der Waals surface area contributed by atoms with Gasteiger partial charge in [0.15, 0.2) is 0 Å². The summed E-state index contributed by atoms with van der Waals surface area (Å²) in [6.07, 6.45) is 1.36. The van der Waals surface area contributed by atoms with Gasteiger partial charge in [-0.1, -0.05) is 29.3 Å². The van der Waals surface area contributed by atoms with E-state index in [0.717, 1.165) is 6.07 Å². The Bertz CT molecular complexity index is 510. The summed E-state index contributed by atoms with van der Waals surface area (Å²) in [6.45, 7) is 3.75. The molecule has 1 rings (SSSR count). The van der Waals surface area contributed by atoms with Crippen molar-refractivity contribution < 1.29 is 18.0 Å². The molecule has 0 N–H and O–H groups in total. The normalized spacial score (nSPS) is 12.8. The summed E-state index contributed by atoms with van der Waals surface area (Å²) in [7, 11) is -3.53. The van der Waals surface area contributed by atoms with Gasteiger partial charge < -0.3 is 9.05 Å². The molecule has 0 bridgehead atoms. The minimum absolute atomic E-state index is 0.0929. The maximum atomic E-state index is 12.9. The zero-order valence-corrected chi connectivity index (χ0v) is 12.9. The summed E-state index contributed by atoms with van der Waals surface area (Å²) < 4.78 is 35.3. The van der Waals surface area contributed by atoms with Gasteiger partial charge in [-0.15, -0.1) is 0 Å². The van der Waals surface area contributed by atoms with Crippen LogP contribution in [0.25, 0.3) is 6.08 Å². The van der Waals surface area contributed by atoms with Gasteiger partial charge >= 0.3 is 7.60 Å². The van der Waals surface area contributed by atoms with Crippen LogP contribution < -0.4 is 0 Å². The molecule has 0 radical (unpaired) electrons. The summed E-state index contributed by atoms with van der Waals surface area (Å²) in [5.74, 6) is -0.462. The summed E-state index contributed by atoms with van der Waals surface area (Å²) in [6, 6.07) is 3.81. The molecule has 0 aromatic heterocycles. The average molecular weight is 327 g/mol. The van der Waals surface area contributed by atoms with Crippen LogP contribution in [0.3, 0.4) is 0 Å². The van der Waals surface area contributed by atoms with E-state index >= 15 is 0 Å². The van der Waals surface area contributed by atoms with Crippen molar-refractivity contribution in [3.05, 3.63) is 39.4 Å². The maximum Gasteiger partial charge on any atom is 0.372 e.